The van der Waals surface area contributed by atoms with Gasteiger partial charge in [0.1, 0.15) is 5.75 Å². The van der Waals surface area contributed by atoms with E-state index in [0.717, 1.165) is 16.5 Å². The Hall–Kier alpha value is -1.77. The van der Waals surface area contributed by atoms with Crippen LogP contribution in [-0.2, 0) is 5.41 Å². The van der Waals surface area contributed by atoms with E-state index in [0.29, 0.717) is 5.88 Å². The highest BCUT2D eigenvalue weighted by Gasteiger charge is 2.19. The Morgan fingerprint density at radius 2 is 1.72 bits per heavy atom. The fourth-order valence-corrected chi connectivity index (χ4v) is 2.08. The summed E-state index contributed by atoms with van der Waals surface area (Å²) in [7, 11) is 3.30. The number of pyridine rings is 1. The quantitative estimate of drug-likeness (QED) is 0.810. The van der Waals surface area contributed by atoms with Gasteiger partial charge in [0.2, 0.25) is 5.88 Å². The lowest BCUT2D eigenvalue weighted by Crippen LogP contribution is -2.12. The molecule has 0 aliphatic rings. The summed E-state index contributed by atoms with van der Waals surface area (Å²) >= 11 is 0. The maximum atomic E-state index is 5.33. The molecule has 3 nitrogen and oxygen atoms in total. The average molecular weight is 245 g/mol. The third-order valence-electron chi connectivity index (χ3n) is 3.06. The first-order valence-corrected chi connectivity index (χ1v) is 5.98. The maximum Gasteiger partial charge on any atom is 0.221 e. The SMILES string of the molecule is COc1ccc2c(C(C)(C)C)cnc(OC)c2c1. The number of benzene rings is 1. The van der Waals surface area contributed by atoms with E-state index in [-0.39, 0.29) is 5.41 Å². The standard InChI is InChI=1S/C15H19NO2/c1-15(2,3)13-9-16-14(18-5)12-8-10(17-4)6-7-11(12)13/h6-9H,1-5H3. The Balaban J connectivity index is 2.79. The minimum atomic E-state index is 0.0477. The predicted molar refractivity (Wildman–Crippen MR) is 73.5 cm³/mol. The average Bonchev–Trinajstić information content (AvgIpc) is 2.35. The number of nitrogens with zero attached hydrogens (tertiary/aromatic N) is 1. The summed E-state index contributed by atoms with van der Waals surface area (Å²) < 4.78 is 10.6. The Labute approximate surface area is 108 Å². The minimum Gasteiger partial charge on any atom is -0.497 e. The zero-order valence-corrected chi connectivity index (χ0v) is 11.6. The predicted octanol–water partition coefficient (Wildman–Crippen LogP) is 3.55. The Morgan fingerprint density at radius 3 is 2.28 bits per heavy atom. The van der Waals surface area contributed by atoms with E-state index in [2.05, 4.69) is 31.8 Å². The molecule has 0 N–H and O–H groups in total. The minimum absolute atomic E-state index is 0.0477. The van der Waals surface area contributed by atoms with Crippen LogP contribution in [-0.4, -0.2) is 19.2 Å². The van der Waals surface area contributed by atoms with Crippen molar-refractivity contribution >= 4 is 10.8 Å². The Kier molecular flexibility index (Phi) is 3.16. The molecule has 0 aliphatic carbocycles. The molecule has 18 heavy (non-hydrogen) atoms. The van der Waals surface area contributed by atoms with Crippen LogP contribution < -0.4 is 9.47 Å². The van der Waals surface area contributed by atoms with E-state index < -0.39 is 0 Å². The zero-order chi connectivity index (χ0) is 13.3. The fraction of sp³-hybridized carbons (Fsp3) is 0.400. The smallest absolute Gasteiger partial charge is 0.221 e. The van der Waals surface area contributed by atoms with Crippen molar-refractivity contribution in [1.29, 1.82) is 0 Å². The van der Waals surface area contributed by atoms with Gasteiger partial charge in [0.15, 0.2) is 0 Å². The van der Waals surface area contributed by atoms with Crippen LogP contribution in [0.15, 0.2) is 24.4 Å². The number of aromatic nitrogens is 1. The summed E-state index contributed by atoms with van der Waals surface area (Å²) in [5.41, 5.74) is 1.26. The van der Waals surface area contributed by atoms with Gasteiger partial charge in [-0.05, 0) is 28.5 Å². The number of methoxy groups -OCH3 is 2. The van der Waals surface area contributed by atoms with Crippen LogP contribution in [0.5, 0.6) is 11.6 Å². The van der Waals surface area contributed by atoms with Crippen LogP contribution in [0, 0.1) is 0 Å². The summed E-state index contributed by atoms with van der Waals surface area (Å²) in [6.07, 6.45) is 1.90. The highest BCUT2D eigenvalue weighted by Crippen LogP contribution is 2.35. The van der Waals surface area contributed by atoms with Crippen molar-refractivity contribution < 1.29 is 9.47 Å². The second kappa shape index (κ2) is 4.48. The number of rotatable bonds is 2. The molecule has 0 radical (unpaired) electrons. The van der Waals surface area contributed by atoms with Gasteiger partial charge in [0.25, 0.3) is 0 Å². The lowest BCUT2D eigenvalue weighted by molar-refractivity contribution is 0.400. The van der Waals surface area contributed by atoms with Crippen molar-refractivity contribution in [3.63, 3.8) is 0 Å². The molecule has 0 bridgehead atoms. The lowest BCUT2D eigenvalue weighted by Gasteiger charge is -2.21. The van der Waals surface area contributed by atoms with Gasteiger partial charge < -0.3 is 9.47 Å². The van der Waals surface area contributed by atoms with Crippen LogP contribution in [0.1, 0.15) is 26.3 Å². The first-order chi connectivity index (χ1) is 8.47. The topological polar surface area (TPSA) is 31.4 Å². The second-order valence-corrected chi connectivity index (χ2v) is 5.34. The number of ether oxygens (including phenoxy) is 2. The molecule has 3 heteroatoms. The van der Waals surface area contributed by atoms with E-state index in [1.165, 1.54) is 5.56 Å². The van der Waals surface area contributed by atoms with Gasteiger partial charge in [-0.2, -0.15) is 0 Å². The molecule has 0 unspecified atom stereocenters. The maximum absolute atomic E-state index is 5.33. The van der Waals surface area contributed by atoms with Gasteiger partial charge in [0.05, 0.1) is 14.2 Å². The Bertz CT molecular complexity index is 570. The Morgan fingerprint density at radius 1 is 1.00 bits per heavy atom. The van der Waals surface area contributed by atoms with Crippen LogP contribution >= 0.6 is 0 Å². The van der Waals surface area contributed by atoms with Gasteiger partial charge in [-0.3, -0.25) is 0 Å². The normalized spacial score (nSPS) is 11.6. The molecule has 96 valence electrons. The van der Waals surface area contributed by atoms with Crippen molar-refractivity contribution in [3.8, 4) is 11.6 Å². The van der Waals surface area contributed by atoms with E-state index in [9.17, 15) is 0 Å². The molecule has 0 aliphatic heterocycles. The van der Waals surface area contributed by atoms with Gasteiger partial charge in [-0.15, -0.1) is 0 Å². The molecule has 0 fully saturated rings. The molecule has 2 rings (SSSR count). The third-order valence-corrected chi connectivity index (χ3v) is 3.06. The highest BCUT2D eigenvalue weighted by molar-refractivity contribution is 5.91. The fourth-order valence-electron chi connectivity index (χ4n) is 2.08. The van der Waals surface area contributed by atoms with Gasteiger partial charge in [0, 0.05) is 11.6 Å². The van der Waals surface area contributed by atoms with Gasteiger partial charge in [-0.25, -0.2) is 4.98 Å². The first kappa shape index (κ1) is 12.7. The summed E-state index contributed by atoms with van der Waals surface area (Å²) in [4.78, 5) is 4.39. The molecular formula is C15H19NO2. The summed E-state index contributed by atoms with van der Waals surface area (Å²) in [6, 6.07) is 6.01. The van der Waals surface area contributed by atoms with E-state index in [1.54, 1.807) is 14.2 Å². The van der Waals surface area contributed by atoms with Crippen molar-refractivity contribution in [2.24, 2.45) is 0 Å². The largest absolute Gasteiger partial charge is 0.497 e. The van der Waals surface area contributed by atoms with Crippen molar-refractivity contribution in [2.45, 2.75) is 26.2 Å². The van der Waals surface area contributed by atoms with Crippen molar-refractivity contribution in [1.82, 2.24) is 4.98 Å². The van der Waals surface area contributed by atoms with Crippen LogP contribution in [0.25, 0.3) is 10.8 Å². The summed E-state index contributed by atoms with van der Waals surface area (Å²) in [5, 5.41) is 2.15. The molecule has 1 aromatic heterocycles. The molecule has 0 spiro atoms. The van der Waals surface area contributed by atoms with Crippen LogP contribution in [0.2, 0.25) is 0 Å². The van der Waals surface area contributed by atoms with Crippen molar-refractivity contribution in [3.05, 3.63) is 30.0 Å². The van der Waals surface area contributed by atoms with E-state index in [4.69, 9.17) is 9.47 Å². The number of hydrogen-bond donors (Lipinski definition) is 0. The summed E-state index contributed by atoms with van der Waals surface area (Å²) in [6.45, 7) is 6.54. The zero-order valence-electron chi connectivity index (χ0n) is 11.6. The molecule has 0 atom stereocenters. The molecule has 0 saturated carbocycles. The van der Waals surface area contributed by atoms with E-state index in [1.807, 2.05) is 18.3 Å². The lowest BCUT2D eigenvalue weighted by atomic mass is 9.85. The molecule has 0 amide bonds. The van der Waals surface area contributed by atoms with Crippen molar-refractivity contribution in [2.75, 3.05) is 14.2 Å². The molecule has 1 heterocycles. The van der Waals surface area contributed by atoms with Gasteiger partial charge in [-0.1, -0.05) is 26.8 Å². The third kappa shape index (κ3) is 2.13. The second-order valence-electron chi connectivity index (χ2n) is 5.34. The van der Waals surface area contributed by atoms with Crippen LogP contribution in [0.4, 0.5) is 0 Å². The molecule has 1 aromatic carbocycles. The highest BCUT2D eigenvalue weighted by atomic mass is 16.5. The number of hydrogen-bond acceptors (Lipinski definition) is 3. The molecule has 0 saturated heterocycles. The monoisotopic (exact) mass is 245 g/mol. The number of fused-ring (bicyclic) bond motifs is 1. The molecule has 2 aromatic rings. The van der Waals surface area contributed by atoms with Gasteiger partial charge >= 0.3 is 0 Å². The summed E-state index contributed by atoms with van der Waals surface area (Å²) in [5.74, 6) is 1.45. The first-order valence-electron chi connectivity index (χ1n) is 5.98. The van der Waals surface area contributed by atoms with E-state index >= 15 is 0 Å². The molecular weight excluding hydrogens is 226 g/mol. The van der Waals surface area contributed by atoms with Crippen LogP contribution in [0.3, 0.4) is 0 Å².